The Morgan fingerprint density at radius 1 is 0.607 bits per heavy atom. The zero-order valence-corrected chi connectivity index (χ0v) is 36.6. The standard InChI is InChI=1S/C54H36N4OS.Pt/c1-54(2,3)35-28-29-55-48(30-35)57-45-32-37(23-25-40(45)41-26-27-47-49(52(41)57)42-19-11-13-21-46(42)60-47)59-36-22-24-38-39-18-10-12-20-44(39)58-51(34-16-8-5-9-17-34)50(33-14-6-4-7-15-33)56-53(58)43(38)31-36;/h4-30H,1-3H3;/q-2;+2. The van der Waals surface area contributed by atoms with Crippen LogP contribution in [0.5, 0.6) is 11.5 Å². The molecule has 0 unspecified atom stereocenters. The first kappa shape index (κ1) is 37.4. The molecule has 5 nitrogen and oxygen atoms in total. The number of hydrogen-bond acceptors (Lipinski definition) is 4. The van der Waals surface area contributed by atoms with Crippen molar-refractivity contribution in [2.24, 2.45) is 0 Å². The maximum atomic E-state index is 6.79. The molecule has 12 rings (SSSR count). The van der Waals surface area contributed by atoms with Crippen LogP contribution in [0.3, 0.4) is 0 Å². The van der Waals surface area contributed by atoms with Crippen LogP contribution in [0.1, 0.15) is 26.3 Å². The molecular weight excluding hydrogens is 948 g/mol. The molecule has 5 aromatic heterocycles. The van der Waals surface area contributed by atoms with E-state index in [9.17, 15) is 0 Å². The maximum Gasteiger partial charge on any atom is 2.00 e. The van der Waals surface area contributed by atoms with Gasteiger partial charge in [-0.15, -0.1) is 41.0 Å². The van der Waals surface area contributed by atoms with Crippen molar-refractivity contribution in [2.75, 3.05) is 0 Å². The van der Waals surface area contributed by atoms with Crippen molar-refractivity contribution in [1.82, 2.24) is 18.9 Å². The summed E-state index contributed by atoms with van der Waals surface area (Å²) < 4.78 is 13.9. The first-order valence-corrected chi connectivity index (χ1v) is 21.1. The molecule has 294 valence electrons. The molecule has 0 aliphatic heterocycles. The van der Waals surface area contributed by atoms with Gasteiger partial charge in [0, 0.05) is 48.9 Å². The van der Waals surface area contributed by atoms with Crippen LogP contribution < -0.4 is 4.74 Å². The average Bonchev–Trinajstić information content (AvgIpc) is 3.97. The molecule has 5 heterocycles. The molecule has 0 amide bonds. The number of para-hydroxylation sites is 1. The second kappa shape index (κ2) is 14.3. The zero-order chi connectivity index (χ0) is 40.1. The minimum Gasteiger partial charge on any atom is -0.503 e. The van der Waals surface area contributed by atoms with Gasteiger partial charge in [-0.1, -0.05) is 146 Å². The van der Waals surface area contributed by atoms with Crippen LogP contribution in [-0.2, 0) is 26.5 Å². The SMILES string of the molecule is CC(C)(C)c1ccnc(-n2c3[c-]c(Oc4[c-]c5c(cc4)c4ccccc4n4c(-c6ccccc6)c(-c6ccccc6)nc54)ccc3c3ccc4sc5ccccc5c4c32)c1.[Pt+2]. The van der Waals surface area contributed by atoms with E-state index in [-0.39, 0.29) is 26.5 Å². The number of nitrogens with zero attached hydrogens (tertiary/aromatic N) is 4. The Balaban J connectivity index is 0.00000420. The van der Waals surface area contributed by atoms with Gasteiger partial charge < -0.3 is 13.7 Å². The van der Waals surface area contributed by atoms with Crippen LogP contribution >= 0.6 is 11.3 Å². The second-order valence-corrected chi connectivity index (χ2v) is 17.5. The van der Waals surface area contributed by atoms with Crippen LogP contribution in [0.15, 0.2) is 164 Å². The minimum atomic E-state index is -0.0555. The first-order valence-electron chi connectivity index (χ1n) is 20.2. The Kier molecular flexibility index (Phi) is 8.75. The molecule has 0 saturated carbocycles. The van der Waals surface area contributed by atoms with Gasteiger partial charge in [0.1, 0.15) is 5.82 Å². The van der Waals surface area contributed by atoms with Gasteiger partial charge in [-0.2, -0.15) is 6.07 Å². The van der Waals surface area contributed by atoms with Crippen LogP contribution in [0.4, 0.5) is 0 Å². The Labute approximate surface area is 370 Å². The molecule has 0 saturated heterocycles. The van der Waals surface area contributed by atoms with E-state index in [1.54, 1.807) is 0 Å². The molecule has 61 heavy (non-hydrogen) atoms. The van der Waals surface area contributed by atoms with E-state index < -0.39 is 0 Å². The number of thiophene rings is 1. The van der Waals surface area contributed by atoms with E-state index >= 15 is 0 Å². The van der Waals surface area contributed by atoms with E-state index in [1.807, 2.05) is 35.7 Å². The molecule has 0 fully saturated rings. The quantitative estimate of drug-likeness (QED) is 0.127. The van der Waals surface area contributed by atoms with Crippen molar-refractivity contribution >= 4 is 80.6 Å². The summed E-state index contributed by atoms with van der Waals surface area (Å²) in [6.45, 7) is 6.73. The molecule has 0 aliphatic rings. The van der Waals surface area contributed by atoms with Gasteiger partial charge in [-0.3, -0.25) is 4.98 Å². The van der Waals surface area contributed by atoms with Gasteiger partial charge >= 0.3 is 21.1 Å². The van der Waals surface area contributed by atoms with Gasteiger partial charge in [-0.25, -0.2) is 4.98 Å². The van der Waals surface area contributed by atoms with E-state index in [0.717, 1.165) is 77.5 Å². The van der Waals surface area contributed by atoms with Gasteiger partial charge in [0.15, 0.2) is 0 Å². The van der Waals surface area contributed by atoms with E-state index in [0.29, 0.717) is 11.5 Å². The van der Waals surface area contributed by atoms with Crippen molar-refractivity contribution in [1.29, 1.82) is 0 Å². The Hall–Kier alpha value is -6.59. The number of imidazole rings is 1. The van der Waals surface area contributed by atoms with E-state index in [4.69, 9.17) is 14.7 Å². The number of aromatic nitrogens is 4. The van der Waals surface area contributed by atoms with Crippen molar-refractivity contribution in [3.05, 3.63) is 182 Å². The fraction of sp³-hybridized carbons (Fsp3) is 0.0741. The van der Waals surface area contributed by atoms with Gasteiger partial charge in [0.25, 0.3) is 0 Å². The summed E-state index contributed by atoms with van der Waals surface area (Å²) in [7, 11) is 0. The van der Waals surface area contributed by atoms with Gasteiger partial charge in [-0.05, 0) is 57.6 Å². The number of pyridine rings is 2. The molecule has 0 spiro atoms. The monoisotopic (exact) mass is 983 g/mol. The molecular formula is C54H36N4OPtS. The first-order chi connectivity index (χ1) is 29.4. The molecule has 0 radical (unpaired) electrons. The Morgan fingerprint density at radius 2 is 1.28 bits per heavy atom. The fourth-order valence-corrected chi connectivity index (χ4v) is 10.1. The Bertz CT molecular complexity index is 3670. The number of rotatable bonds is 5. The zero-order valence-electron chi connectivity index (χ0n) is 33.5. The molecule has 0 bridgehead atoms. The predicted octanol–water partition coefficient (Wildman–Crippen LogP) is 14.5. The molecule has 7 aromatic carbocycles. The summed E-state index contributed by atoms with van der Waals surface area (Å²) in [6, 6.07) is 62.8. The molecule has 12 aromatic rings. The summed E-state index contributed by atoms with van der Waals surface area (Å²) >= 11 is 1.82. The molecule has 0 aliphatic carbocycles. The second-order valence-electron chi connectivity index (χ2n) is 16.4. The molecule has 7 heteroatoms. The van der Waals surface area contributed by atoms with Crippen molar-refractivity contribution in [3.63, 3.8) is 0 Å². The third kappa shape index (κ3) is 5.92. The number of ether oxygens (including phenoxy) is 1. The number of benzene rings is 7. The van der Waals surface area contributed by atoms with Crippen LogP contribution in [0.2, 0.25) is 0 Å². The van der Waals surface area contributed by atoms with E-state index in [2.05, 4.69) is 181 Å². The average molecular weight is 984 g/mol. The smallest absolute Gasteiger partial charge is 0.503 e. The van der Waals surface area contributed by atoms with Crippen LogP contribution in [0, 0.1) is 12.1 Å². The largest absolute Gasteiger partial charge is 2.00 e. The molecule has 0 N–H and O–H groups in total. The molecule has 0 atom stereocenters. The van der Waals surface area contributed by atoms with Crippen molar-refractivity contribution in [2.45, 2.75) is 26.2 Å². The third-order valence-electron chi connectivity index (χ3n) is 11.8. The minimum absolute atomic E-state index is 0. The van der Waals surface area contributed by atoms with E-state index in [1.165, 1.54) is 25.7 Å². The summed E-state index contributed by atoms with van der Waals surface area (Å²) in [5, 5.41) is 7.78. The van der Waals surface area contributed by atoms with Gasteiger partial charge in [0.2, 0.25) is 0 Å². The van der Waals surface area contributed by atoms with Crippen molar-refractivity contribution < 1.29 is 25.8 Å². The summed E-state index contributed by atoms with van der Waals surface area (Å²) in [5.74, 6) is 2.03. The number of fused-ring (bicyclic) bond motifs is 13. The summed E-state index contributed by atoms with van der Waals surface area (Å²) in [6.07, 6.45) is 1.93. The third-order valence-corrected chi connectivity index (χ3v) is 12.9. The Morgan fingerprint density at radius 3 is 2.07 bits per heavy atom. The summed E-state index contributed by atoms with van der Waals surface area (Å²) in [4.78, 5) is 10.4. The van der Waals surface area contributed by atoms with Gasteiger partial charge in [0.05, 0.1) is 22.6 Å². The summed E-state index contributed by atoms with van der Waals surface area (Å²) in [5.41, 5.74) is 9.20. The number of hydrogen-bond donors (Lipinski definition) is 0. The normalized spacial score (nSPS) is 12.0. The maximum absolute atomic E-state index is 6.79. The van der Waals surface area contributed by atoms with Crippen LogP contribution in [-0.4, -0.2) is 18.9 Å². The van der Waals surface area contributed by atoms with Crippen LogP contribution in [0.25, 0.3) is 97.6 Å². The van der Waals surface area contributed by atoms with Crippen molar-refractivity contribution in [3.8, 4) is 39.8 Å². The topological polar surface area (TPSA) is 44.4 Å². The predicted molar refractivity (Wildman–Crippen MR) is 249 cm³/mol. The fourth-order valence-electron chi connectivity index (χ4n) is 8.94.